The molecule has 6 nitrogen and oxygen atoms in total. The number of benzene rings is 1. The van der Waals surface area contributed by atoms with Crippen LogP contribution in [0.15, 0.2) is 24.3 Å². The van der Waals surface area contributed by atoms with E-state index in [1.54, 1.807) is 24.3 Å². The molecule has 0 unspecified atom stereocenters. The molecule has 0 radical (unpaired) electrons. The third-order valence-corrected chi connectivity index (χ3v) is 4.40. The van der Waals surface area contributed by atoms with Crippen molar-refractivity contribution in [3.05, 3.63) is 29.8 Å². The molecule has 0 bridgehead atoms. The molecule has 1 aliphatic rings. The molecule has 136 valence electrons. The first-order valence-corrected chi connectivity index (χ1v) is 9.16. The Labute approximate surface area is 154 Å². The molecule has 25 heavy (non-hydrogen) atoms. The molecule has 0 atom stereocenters. The highest BCUT2D eigenvalue weighted by molar-refractivity contribution is 7.80. The van der Waals surface area contributed by atoms with E-state index >= 15 is 0 Å². The van der Waals surface area contributed by atoms with Gasteiger partial charge in [-0.3, -0.25) is 9.59 Å². The lowest BCUT2D eigenvalue weighted by Gasteiger charge is -2.18. The molecule has 3 N–H and O–H groups in total. The quantitative estimate of drug-likeness (QED) is 0.617. The smallest absolute Gasteiger partial charge is 0.251 e. The van der Waals surface area contributed by atoms with Gasteiger partial charge >= 0.3 is 0 Å². The van der Waals surface area contributed by atoms with Gasteiger partial charge in [0, 0.05) is 30.3 Å². The lowest BCUT2D eigenvalue weighted by atomic mass is 10.2. The summed E-state index contributed by atoms with van der Waals surface area (Å²) in [7, 11) is 0. The number of anilines is 1. The van der Waals surface area contributed by atoms with Crippen LogP contribution in [0.25, 0.3) is 0 Å². The van der Waals surface area contributed by atoms with E-state index in [-0.39, 0.29) is 22.8 Å². The molecule has 2 rings (SSSR count). The van der Waals surface area contributed by atoms with Crippen molar-refractivity contribution >= 4 is 34.8 Å². The van der Waals surface area contributed by atoms with Crippen molar-refractivity contribution in [2.45, 2.75) is 26.7 Å². The summed E-state index contributed by atoms with van der Waals surface area (Å²) in [6.45, 7) is 7.63. The van der Waals surface area contributed by atoms with E-state index in [1.165, 1.54) is 0 Å². The summed E-state index contributed by atoms with van der Waals surface area (Å²) >= 11 is 5.12. The number of thiocarbonyl (C=S) groups is 1. The molecule has 1 fully saturated rings. The number of amides is 2. The summed E-state index contributed by atoms with van der Waals surface area (Å²) in [4.78, 5) is 26.0. The van der Waals surface area contributed by atoms with Crippen LogP contribution in [0.3, 0.4) is 0 Å². The normalized spacial score (nSPS) is 13.4. The average molecular weight is 362 g/mol. The van der Waals surface area contributed by atoms with Crippen molar-refractivity contribution in [2.75, 3.05) is 31.5 Å². The Bertz CT molecular complexity index is 610. The van der Waals surface area contributed by atoms with Gasteiger partial charge in [0.25, 0.3) is 5.91 Å². The molecule has 0 spiro atoms. The zero-order valence-electron chi connectivity index (χ0n) is 14.8. The lowest BCUT2D eigenvalue weighted by molar-refractivity contribution is -0.120. The first kappa shape index (κ1) is 19.3. The molecule has 1 aliphatic carbocycles. The van der Waals surface area contributed by atoms with Gasteiger partial charge in [0.1, 0.15) is 0 Å². The highest BCUT2D eigenvalue weighted by Crippen LogP contribution is 2.28. The fourth-order valence-corrected chi connectivity index (χ4v) is 2.61. The third kappa shape index (κ3) is 6.43. The fraction of sp³-hybridized carbons (Fsp3) is 0.500. The number of likely N-dealkylation sites (N-methyl/N-ethyl adjacent to an activating group) is 1. The first-order valence-electron chi connectivity index (χ1n) is 8.76. The summed E-state index contributed by atoms with van der Waals surface area (Å²) in [5.74, 6) is -0.00724. The number of rotatable bonds is 8. The molecule has 1 aromatic carbocycles. The van der Waals surface area contributed by atoms with Crippen LogP contribution in [0.2, 0.25) is 0 Å². The maximum Gasteiger partial charge on any atom is 0.251 e. The highest BCUT2D eigenvalue weighted by Gasteiger charge is 2.29. The summed E-state index contributed by atoms with van der Waals surface area (Å²) < 4.78 is 0. The number of nitrogens with one attached hydrogen (secondary N) is 3. The predicted octanol–water partition coefficient (Wildman–Crippen LogP) is 1.98. The average Bonchev–Trinajstić information content (AvgIpc) is 3.44. The molecule has 1 saturated carbocycles. The molecular formula is C18H26N4O2S. The van der Waals surface area contributed by atoms with Crippen molar-refractivity contribution in [3.63, 3.8) is 0 Å². The maximum absolute atomic E-state index is 12.1. The molecular weight excluding hydrogens is 336 g/mol. The van der Waals surface area contributed by atoms with Crippen LogP contribution < -0.4 is 16.0 Å². The Hall–Kier alpha value is -1.99. The third-order valence-electron chi connectivity index (χ3n) is 4.20. The summed E-state index contributed by atoms with van der Waals surface area (Å²) in [6.07, 6.45) is 1.87. The SMILES string of the molecule is CCN(CC)CCNC(=O)c1ccc(NC(=S)NC(=O)C2CC2)cc1. The zero-order valence-corrected chi connectivity index (χ0v) is 15.6. The first-order chi connectivity index (χ1) is 12.0. The van der Waals surface area contributed by atoms with Crippen LogP contribution in [-0.2, 0) is 4.79 Å². The minimum absolute atomic E-state index is 0.0262. The van der Waals surface area contributed by atoms with Crippen LogP contribution in [0.5, 0.6) is 0 Å². The Kier molecular flexibility index (Phi) is 7.33. The molecule has 1 aromatic rings. The van der Waals surface area contributed by atoms with Crippen molar-refractivity contribution in [2.24, 2.45) is 5.92 Å². The van der Waals surface area contributed by atoms with Crippen LogP contribution in [0.4, 0.5) is 5.69 Å². The molecule has 7 heteroatoms. The van der Waals surface area contributed by atoms with Crippen LogP contribution in [0.1, 0.15) is 37.0 Å². The number of nitrogens with zero attached hydrogens (tertiary/aromatic N) is 1. The molecule has 2 amide bonds. The Morgan fingerprint density at radius 1 is 1.16 bits per heavy atom. The van der Waals surface area contributed by atoms with Crippen molar-refractivity contribution in [1.82, 2.24) is 15.5 Å². The van der Waals surface area contributed by atoms with Crippen LogP contribution >= 0.6 is 12.2 Å². The summed E-state index contributed by atoms with van der Waals surface area (Å²) in [5.41, 5.74) is 1.33. The Morgan fingerprint density at radius 2 is 1.80 bits per heavy atom. The van der Waals surface area contributed by atoms with Gasteiger partial charge in [-0.15, -0.1) is 0 Å². The van der Waals surface area contributed by atoms with Gasteiger partial charge in [-0.05, 0) is 62.4 Å². The fourth-order valence-electron chi connectivity index (χ4n) is 2.40. The minimum Gasteiger partial charge on any atom is -0.351 e. The predicted molar refractivity (Wildman–Crippen MR) is 104 cm³/mol. The maximum atomic E-state index is 12.1. The van der Waals surface area contributed by atoms with Gasteiger partial charge in [0.15, 0.2) is 5.11 Å². The number of hydrogen-bond donors (Lipinski definition) is 3. The zero-order chi connectivity index (χ0) is 18.2. The highest BCUT2D eigenvalue weighted by atomic mass is 32.1. The van der Waals surface area contributed by atoms with E-state index in [4.69, 9.17) is 12.2 Å². The van der Waals surface area contributed by atoms with Gasteiger partial charge in [-0.2, -0.15) is 0 Å². The second-order valence-electron chi connectivity index (χ2n) is 6.08. The van der Waals surface area contributed by atoms with E-state index in [2.05, 4.69) is 34.7 Å². The van der Waals surface area contributed by atoms with E-state index in [0.717, 1.165) is 38.2 Å². The monoisotopic (exact) mass is 362 g/mol. The van der Waals surface area contributed by atoms with Crippen molar-refractivity contribution in [1.29, 1.82) is 0 Å². The standard InChI is InChI=1S/C18H26N4O2S/c1-3-22(4-2)12-11-19-16(23)13-7-9-15(10-8-13)20-18(25)21-17(24)14-5-6-14/h7-10,14H,3-6,11-12H2,1-2H3,(H,19,23)(H2,20,21,24,25). The molecule has 0 aromatic heterocycles. The van der Waals surface area contributed by atoms with Gasteiger partial charge in [-0.1, -0.05) is 13.8 Å². The van der Waals surface area contributed by atoms with Gasteiger partial charge in [-0.25, -0.2) is 0 Å². The summed E-state index contributed by atoms with van der Waals surface area (Å²) in [6, 6.07) is 7.02. The second-order valence-corrected chi connectivity index (χ2v) is 6.49. The lowest BCUT2D eigenvalue weighted by Crippen LogP contribution is -2.35. The second kappa shape index (κ2) is 9.48. The number of hydrogen-bond acceptors (Lipinski definition) is 4. The van der Waals surface area contributed by atoms with Crippen LogP contribution in [0, 0.1) is 5.92 Å². The van der Waals surface area contributed by atoms with E-state index in [0.29, 0.717) is 12.1 Å². The van der Waals surface area contributed by atoms with Gasteiger partial charge < -0.3 is 20.9 Å². The summed E-state index contributed by atoms with van der Waals surface area (Å²) in [5, 5.41) is 8.84. The van der Waals surface area contributed by atoms with E-state index < -0.39 is 0 Å². The number of carbonyl (C=O) groups excluding carboxylic acids is 2. The largest absolute Gasteiger partial charge is 0.351 e. The Morgan fingerprint density at radius 3 is 2.36 bits per heavy atom. The Balaban J connectivity index is 1.77. The molecule has 0 saturated heterocycles. The van der Waals surface area contributed by atoms with Gasteiger partial charge in [0.2, 0.25) is 5.91 Å². The molecule has 0 aliphatic heterocycles. The van der Waals surface area contributed by atoms with Crippen molar-refractivity contribution < 1.29 is 9.59 Å². The van der Waals surface area contributed by atoms with Crippen molar-refractivity contribution in [3.8, 4) is 0 Å². The minimum atomic E-state index is -0.0941. The van der Waals surface area contributed by atoms with E-state index in [9.17, 15) is 9.59 Å². The number of carbonyl (C=O) groups is 2. The topological polar surface area (TPSA) is 73.5 Å². The van der Waals surface area contributed by atoms with Crippen LogP contribution in [-0.4, -0.2) is 48.0 Å². The van der Waals surface area contributed by atoms with E-state index in [1.807, 2.05) is 0 Å². The van der Waals surface area contributed by atoms with Gasteiger partial charge in [0.05, 0.1) is 0 Å². The molecule has 0 heterocycles.